The minimum absolute atomic E-state index is 0.0534. The highest BCUT2D eigenvalue weighted by atomic mass is 16.2. The molecule has 1 fully saturated rings. The van der Waals surface area contributed by atoms with Gasteiger partial charge in [0.05, 0.1) is 5.69 Å². The smallest absolute Gasteiger partial charge is 0.314 e. The molecule has 26 heavy (non-hydrogen) atoms. The Labute approximate surface area is 150 Å². The minimum Gasteiger partial charge on any atom is -0.345 e. The molecule has 2 heterocycles. The molecule has 9 nitrogen and oxygen atoms in total. The fraction of sp³-hybridized carbons (Fsp3) is 0.471. The number of H-pyrrole nitrogens is 1. The molecule has 3 N–H and O–H groups in total. The van der Waals surface area contributed by atoms with E-state index in [0.29, 0.717) is 17.0 Å². The molecule has 3 rings (SSSR count). The van der Waals surface area contributed by atoms with Crippen molar-refractivity contribution in [3.05, 3.63) is 33.4 Å². The molecule has 0 aliphatic heterocycles. The Morgan fingerprint density at radius 3 is 2.54 bits per heavy atom. The van der Waals surface area contributed by atoms with Gasteiger partial charge in [-0.25, -0.2) is 4.98 Å². The maximum absolute atomic E-state index is 12.2. The van der Waals surface area contributed by atoms with Gasteiger partial charge in [-0.05, 0) is 33.6 Å². The van der Waals surface area contributed by atoms with E-state index in [1.807, 2.05) is 0 Å². The summed E-state index contributed by atoms with van der Waals surface area (Å²) in [6.45, 7) is 5.14. The molecule has 138 valence electrons. The van der Waals surface area contributed by atoms with Crippen molar-refractivity contribution in [2.24, 2.45) is 0 Å². The molecule has 2 aromatic rings. The van der Waals surface area contributed by atoms with Crippen LogP contribution in [0.2, 0.25) is 0 Å². The summed E-state index contributed by atoms with van der Waals surface area (Å²) in [6.07, 6.45) is 3.91. The molecule has 0 atom stereocenters. The van der Waals surface area contributed by atoms with Gasteiger partial charge in [-0.15, -0.1) is 0 Å². The van der Waals surface area contributed by atoms with E-state index in [0.717, 1.165) is 25.7 Å². The van der Waals surface area contributed by atoms with Crippen molar-refractivity contribution in [3.8, 4) is 5.95 Å². The van der Waals surface area contributed by atoms with E-state index in [1.165, 1.54) is 4.68 Å². The second-order valence-corrected chi connectivity index (χ2v) is 6.59. The van der Waals surface area contributed by atoms with Crippen LogP contribution in [0.5, 0.6) is 0 Å². The predicted molar refractivity (Wildman–Crippen MR) is 95.2 cm³/mol. The largest absolute Gasteiger partial charge is 0.345 e. The number of aryl methyl sites for hydroxylation is 2. The summed E-state index contributed by atoms with van der Waals surface area (Å²) in [7, 11) is 0. The molecule has 2 aromatic heterocycles. The Balaban J connectivity index is 1.82. The zero-order chi connectivity index (χ0) is 18.8. The molecule has 2 amide bonds. The van der Waals surface area contributed by atoms with E-state index in [4.69, 9.17) is 0 Å². The number of hydrogen-bond donors (Lipinski definition) is 3. The molecular weight excluding hydrogens is 336 g/mol. The zero-order valence-electron chi connectivity index (χ0n) is 15.0. The van der Waals surface area contributed by atoms with Crippen molar-refractivity contribution in [2.75, 3.05) is 5.32 Å². The van der Waals surface area contributed by atoms with Gasteiger partial charge in [0.15, 0.2) is 0 Å². The molecule has 1 aliphatic carbocycles. The fourth-order valence-corrected chi connectivity index (χ4v) is 2.97. The fourth-order valence-electron chi connectivity index (χ4n) is 2.97. The Kier molecular flexibility index (Phi) is 4.88. The van der Waals surface area contributed by atoms with E-state index in [-0.39, 0.29) is 23.4 Å². The van der Waals surface area contributed by atoms with Gasteiger partial charge in [0.2, 0.25) is 5.95 Å². The Bertz CT molecular complexity index is 908. The molecule has 1 aliphatic rings. The first-order chi connectivity index (χ1) is 12.3. The van der Waals surface area contributed by atoms with Gasteiger partial charge < -0.3 is 10.6 Å². The summed E-state index contributed by atoms with van der Waals surface area (Å²) in [5, 5.41) is 9.53. The van der Waals surface area contributed by atoms with Crippen LogP contribution < -0.4 is 16.2 Å². The van der Waals surface area contributed by atoms with Gasteiger partial charge in [0.1, 0.15) is 5.82 Å². The predicted octanol–water partition coefficient (Wildman–Crippen LogP) is 0.878. The third kappa shape index (κ3) is 3.66. The topological polar surface area (TPSA) is 122 Å². The van der Waals surface area contributed by atoms with Gasteiger partial charge in [0.25, 0.3) is 5.56 Å². The molecule has 9 heteroatoms. The summed E-state index contributed by atoms with van der Waals surface area (Å²) in [5.74, 6) is -1.01. The van der Waals surface area contributed by atoms with Gasteiger partial charge >= 0.3 is 11.8 Å². The van der Waals surface area contributed by atoms with E-state index in [9.17, 15) is 14.4 Å². The lowest BCUT2D eigenvalue weighted by Gasteiger charge is -2.12. The van der Waals surface area contributed by atoms with Crippen LogP contribution in [-0.4, -0.2) is 37.6 Å². The number of amides is 2. The van der Waals surface area contributed by atoms with Crippen LogP contribution in [0.25, 0.3) is 5.95 Å². The maximum Gasteiger partial charge on any atom is 0.314 e. The Hall–Kier alpha value is -2.97. The summed E-state index contributed by atoms with van der Waals surface area (Å²) in [5.41, 5.74) is 1.40. The molecular formula is C17H22N6O3. The first kappa shape index (κ1) is 17.8. The minimum atomic E-state index is -0.774. The lowest BCUT2D eigenvalue weighted by molar-refractivity contribution is -0.136. The van der Waals surface area contributed by atoms with Crippen molar-refractivity contribution >= 4 is 17.6 Å². The molecule has 0 saturated heterocycles. The summed E-state index contributed by atoms with van der Waals surface area (Å²) < 4.78 is 1.31. The highest BCUT2D eigenvalue weighted by molar-refractivity contribution is 6.39. The number of carbonyl (C=O) groups is 2. The van der Waals surface area contributed by atoms with Crippen LogP contribution in [0.3, 0.4) is 0 Å². The monoisotopic (exact) mass is 358 g/mol. The standard InChI is InChI=1S/C17H22N6O3/c1-9-8-13(20-16(26)15(25)19-12-6-4-5-7-12)23(22-9)17-18-11(3)10(2)14(24)21-17/h8,12H,4-7H2,1-3H3,(H,19,25)(H,20,26)(H,18,21,24). The normalized spacial score (nSPS) is 14.4. The molecule has 0 unspecified atom stereocenters. The quantitative estimate of drug-likeness (QED) is 0.703. The van der Waals surface area contributed by atoms with E-state index < -0.39 is 11.8 Å². The number of nitrogens with one attached hydrogen (secondary N) is 3. The molecule has 1 saturated carbocycles. The maximum atomic E-state index is 12.2. The van der Waals surface area contributed by atoms with E-state index >= 15 is 0 Å². The van der Waals surface area contributed by atoms with Crippen molar-refractivity contribution < 1.29 is 9.59 Å². The average molecular weight is 358 g/mol. The number of nitrogens with zero attached hydrogens (tertiary/aromatic N) is 3. The van der Waals surface area contributed by atoms with Gasteiger partial charge in [-0.1, -0.05) is 12.8 Å². The second-order valence-electron chi connectivity index (χ2n) is 6.59. The number of aromatic amines is 1. The second kappa shape index (κ2) is 7.11. The van der Waals surface area contributed by atoms with E-state index in [2.05, 4.69) is 25.7 Å². The van der Waals surface area contributed by atoms with Crippen molar-refractivity contribution in [1.29, 1.82) is 0 Å². The van der Waals surface area contributed by atoms with Crippen molar-refractivity contribution in [2.45, 2.75) is 52.5 Å². The SMILES string of the molecule is Cc1cc(NC(=O)C(=O)NC2CCCC2)n(-c2nc(C)c(C)c(=O)[nH]2)n1. The average Bonchev–Trinajstić information content (AvgIpc) is 3.21. The first-order valence-corrected chi connectivity index (χ1v) is 8.61. The number of rotatable bonds is 3. The van der Waals surface area contributed by atoms with Crippen molar-refractivity contribution in [1.82, 2.24) is 25.1 Å². The van der Waals surface area contributed by atoms with Crippen LogP contribution in [0.1, 0.15) is 42.6 Å². The Morgan fingerprint density at radius 1 is 1.19 bits per heavy atom. The van der Waals surface area contributed by atoms with Gasteiger partial charge in [0, 0.05) is 23.4 Å². The first-order valence-electron chi connectivity index (χ1n) is 8.61. The van der Waals surface area contributed by atoms with Crippen LogP contribution >= 0.6 is 0 Å². The lowest BCUT2D eigenvalue weighted by atomic mass is 10.2. The van der Waals surface area contributed by atoms with Crippen molar-refractivity contribution in [3.63, 3.8) is 0 Å². The molecule has 0 aromatic carbocycles. The molecule has 0 spiro atoms. The van der Waals surface area contributed by atoms with Crippen LogP contribution in [0.4, 0.5) is 5.82 Å². The van der Waals surface area contributed by atoms with E-state index in [1.54, 1.807) is 26.8 Å². The number of aromatic nitrogens is 4. The highest BCUT2D eigenvalue weighted by Crippen LogP contribution is 2.18. The number of anilines is 1. The third-order valence-corrected chi connectivity index (χ3v) is 4.55. The number of hydrogen-bond acceptors (Lipinski definition) is 5. The summed E-state index contributed by atoms with van der Waals surface area (Å²) in [4.78, 5) is 43.2. The van der Waals surface area contributed by atoms with Crippen LogP contribution in [0, 0.1) is 20.8 Å². The summed E-state index contributed by atoms with van der Waals surface area (Å²) in [6, 6.07) is 1.66. The van der Waals surface area contributed by atoms with Gasteiger partial charge in [-0.2, -0.15) is 9.78 Å². The lowest BCUT2D eigenvalue weighted by Crippen LogP contribution is -2.40. The third-order valence-electron chi connectivity index (χ3n) is 4.55. The molecule has 0 radical (unpaired) electrons. The van der Waals surface area contributed by atoms with Crippen LogP contribution in [-0.2, 0) is 9.59 Å². The highest BCUT2D eigenvalue weighted by Gasteiger charge is 2.23. The summed E-state index contributed by atoms with van der Waals surface area (Å²) >= 11 is 0. The Morgan fingerprint density at radius 2 is 1.88 bits per heavy atom. The van der Waals surface area contributed by atoms with Crippen LogP contribution in [0.15, 0.2) is 10.9 Å². The number of carbonyl (C=O) groups excluding carboxylic acids is 2. The molecule has 0 bridgehead atoms. The van der Waals surface area contributed by atoms with Gasteiger partial charge in [-0.3, -0.25) is 19.4 Å². The zero-order valence-corrected chi connectivity index (χ0v) is 15.0.